The normalized spacial score (nSPS) is 20.9. The summed E-state index contributed by atoms with van der Waals surface area (Å²) in [5.74, 6) is 1.69. The van der Waals surface area contributed by atoms with Gasteiger partial charge in [-0.25, -0.2) is 0 Å². The highest BCUT2D eigenvalue weighted by Gasteiger charge is 2.24. The fraction of sp³-hybridized carbons (Fsp3) is 0.941. The van der Waals surface area contributed by atoms with Crippen LogP contribution in [0, 0.1) is 11.8 Å². The number of aliphatic hydroxyl groups is 1. The fourth-order valence-corrected chi connectivity index (χ4v) is 2.68. The highest BCUT2D eigenvalue weighted by atomic mass is 16.3. The topological polar surface area (TPSA) is 43.8 Å². The van der Waals surface area contributed by atoms with Crippen molar-refractivity contribution in [2.75, 3.05) is 32.7 Å². The highest BCUT2D eigenvalue weighted by molar-refractivity contribution is 5.47. The molecule has 124 valence electrons. The molecule has 0 bridgehead atoms. The van der Waals surface area contributed by atoms with E-state index in [0.717, 1.165) is 51.0 Å². The molecule has 0 aliphatic carbocycles. The smallest absolute Gasteiger partial charge is 0.209 e. The van der Waals surface area contributed by atoms with Gasteiger partial charge in [0.1, 0.15) is 0 Å². The summed E-state index contributed by atoms with van der Waals surface area (Å²) in [6.45, 7) is 11.4. The van der Waals surface area contributed by atoms with E-state index in [0.29, 0.717) is 0 Å². The summed E-state index contributed by atoms with van der Waals surface area (Å²) in [6, 6.07) is 0. The van der Waals surface area contributed by atoms with Crippen LogP contribution in [0.1, 0.15) is 52.9 Å². The fourth-order valence-electron chi connectivity index (χ4n) is 2.68. The molecule has 2 rings (SSSR count). The van der Waals surface area contributed by atoms with Gasteiger partial charge in [0.05, 0.1) is 6.10 Å². The lowest BCUT2D eigenvalue weighted by atomic mass is 9.92. The first-order chi connectivity index (χ1) is 10.0. The molecule has 2 aliphatic heterocycles. The van der Waals surface area contributed by atoms with Crippen LogP contribution < -0.4 is 0 Å². The Kier molecular flexibility index (Phi) is 8.93. The zero-order valence-corrected chi connectivity index (χ0v) is 14.1. The number of amides is 1. The standard InChI is InChI=1S/C12H22N2O2.C5H12/c15-10-13-6-3-11(4-7-13)2-1-5-14-8-12(16)9-14;1-4-5(2)3/h10-12,16H,1-9H2;5H,4H2,1-3H3. The predicted octanol–water partition coefficient (Wildman–Crippen LogP) is 2.36. The number of nitrogens with zero attached hydrogens (tertiary/aromatic N) is 2. The van der Waals surface area contributed by atoms with Crippen molar-refractivity contribution in [1.29, 1.82) is 0 Å². The van der Waals surface area contributed by atoms with Crippen LogP contribution in [0.4, 0.5) is 0 Å². The molecule has 2 aliphatic rings. The van der Waals surface area contributed by atoms with E-state index in [1.165, 1.54) is 32.1 Å². The molecule has 2 saturated heterocycles. The van der Waals surface area contributed by atoms with Crippen LogP contribution in [0.2, 0.25) is 0 Å². The van der Waals surface area contributed by atoms with E-state index < -0.39 is 0 Å². The van der Waals surface area contributed by atoms with E-state index in [4.69, 9.17) is 5.11 Å². The number of likely N-dealkylation sites (tertiary alicyclic amines) is 2. The van der Waals surface area contributed by atoms with E-state index in [1.54, 1.807) is 0 Å². The molecular weight excluding hydrogens is 264 g/mol. The lowest BCUT2D eigenvalue weighted by molar-refractivity contribution is -0.119. The van der Waals surface area contributed by atoms with Crippen molar-refractivity contribution >= 4 is 6.41 Å². The third-order valence-corrected chi connectivity index (χ3v) is 4.64. The van der Waals surface area contributed by atoms with Crippen molar-refractivity contribution in [3.8, 4) is 0 Å². The summed E-state index contributed by atoms with van der Waals surface area (Å²) in [5.41, 5.74) is 0. The monoisotopic (exact) mass is 298 g/mol. The lowest BCUT2D eigenvalue weighted by Crippen LogP contribution is -2.50. The summed E-state index contributed by atoms with van der Waals surface area (Å²) in [7, 11) is 0. The van der Waals surface area contributed by atoms with Gasteiger partial charge in [-0.3, -0.25) is 9.69 Å². The molecule has 0 aromatic rings. The minimum Gasteiger partial charge on any atom is -0.390 e. The SMILES string of the molecule is CCC(C)C.O=CN1CCC(CCCN2CC(O)C2)CC1. The Morgan fingerprint density at radius 3 is 2.24 bits per heavy atom. The zero-order chi connectivity index (χ0) is 15.7. The van der Waals surface area contributed by atoms with Crippen LogP contribution in [-0.2, 0) is 4.79 Å². The Morgan fingerprint density at radius 2 is 1.81 bits per heavy atom. The second kappa shape index (κ2) is 10.2. The van der Waals surface area contributed by atoms with E-state index in [9.17, 15) is 4.79 Å². The van der Waals surface area contributed by atoms with Crippen LogP contribution in [0.15, 0.2) is 0 Å². The van der Waals surface area contributed by atoms with Crippen molar-refractivity contribution in [2.24, 2.45) is 11.8 Å². The quantitative estimate of drug-likeness (QED) is 0.766. The minimum atomic E-state index is -0.0733. The second-order valence-corrected chi connectivity index (χ2v) is 6.94. The average Bonchev–Trinajstić information content (AvgIpc) is 2.46. The van der Waals surface area contributed by atoms with Gasteiger partial charge in [-0.15, -0.1) is 0 Å². The number of carbonyl (C=O) groups excluding carboxylic acids is 1. The molecule has 0 spiro atoms. The lowest BCUT2D eigenvalue weighted by Gasteiger charge is -2.36. The number of aliphatic hydroxyl groups excluding tert-OH is 1. The first-order valence-electron chi connectivity index (χ1n) is 8.64. The van der Waals surface area contributed by atoms with E-state index in [2.05, 4.69) is 25.7 Å². The van der Waals surface area contributed by atoms with Gasteiger partial charge in [0.25, 0.3) is 0 Å². The van der Waals surface area contributed by atoms with Gasteiger partial charge in [-0.05, 0) is 44.1 Å². The predicted molar refractivity (Wildman–Crippen MR) is 87.2 cm³/mol. The van der Waals surface area contributed by atoms with Gasteiger partial charge in [0.15, 0.2) is 0 Å². The van der Waals surface area contributed by atoms with Gasteiger partial charge in [0.2, 0.25) is 6.41 Å². The second-order valence-electron chi connectivity index (χ2n) is 6.94. The largest absolute Gasteiger partial charge is 0.390 e. The molecule has 0 aromatic carbocycles. The first kappa shape index (κ1) is 18.4. The molecule has 2 fully saturated rings. The van der Waals surface area contributed by atoms with Gasteiger partial charge in [-0.2, -0.15) is 0 Å². The molecule has 0 unspecified atom stereocenters. The molecule has 2 heterocycles. The van der Waals surface area contributed by atoms with Gasteiger partial charge in [0, 0.05) is 26.2 Å². The van der Waals surface area contributed by atoms with Gasteiger partial charge in [-0.1, -0.05) is 27.2 Å². The maximum atomic E-state index is 10.5. The van der Waals surface area contributed by atoms with Gasteiger partial charge >= 0.3 is 0 Å². The number of carbonyl (C=O) groups is 1. The van der Waals surface area contributed by atoms with Crippen molar-refractivity contribution in [2.45, 2.75) is 59.0 Å². The maximum absolute atomic E-state index is 10.5. The summed E-state index contributed by atoms with van der Waals surface area (Å²) >= 11 is 0. The summed E-state index contributed by atoms with van der Waals surface area (Å²) in [5, 5.41) is 9.14. The number of piperidine rings is 1. The van der Waals surface area contributed by atoms with Crippen LogP contribution in [-0.4, -0.2) is 60.1 Å². The Labute approximate surface area is 130 Å². The zero-order valence-electron chi connectivity index (χ0n) is 14.1. The number of hydrogen-bond acceptors (Lipinski definition) is 3. The third kappa shape index (κ3) is 7.82. The molecular formula is C17H34N2O2. The Hall–Kier alpha value is -0.610. The number of rotatable bonds is 6. The Balaban J connectivity index is 0.000000383. The van der Waals surface area contributed by atoms with Crippen molar-refractivity contribution < 1.29 is 9.90 Å². The molecule has 4 nitrogen and oxygen atoms in total. The third-order valence-electron chi connectivity index (χ3n) is 4.64. The van der Waals surface area contributed by atoms with E-state index in [1.807, 2.05) is 4.90 Å². The van der Waals surface area contributed by atoms with Crippen LogP contribution >= 0.6 is 0 Å². The Bertz CT molecular complexity index is 270. The molecule has 0 saturated carbocycles. The number of hydrogen-bond donors (Lipinski definition) is 1. The molecule has 21 heavy (non-hydrogen) atoms. The molecule has 0 atom stereocenters. The molecule has 1 amide bonds. The van der Waals surface area contributed by atoms with Crippen LogP contribution in [0.5, 0.6) is 0 Å². The average molecular weight is 298 g/mol. The molecule has 0 radical (unpaired) electrons. The molecule has 1 N–H and O–H groups in total. The maximum Gasteiger partial charge on any atom is 0.209 e. The van der Waals surface area contributed by atoms with Crippen molar-refractivity contribution in [3.05, 3.63) is 0 Å². The van der Waals surface area contributed by atoms with Crippen molar-refractivity contribution in [3.63, 3.8) is 0 Å². The van der Waals surface area contributed by atoms with Crippen LogP contribution in [0.3, 0.4) is 0 Å². The molecule has 4 heteroatoms. The summed E-state index contributed by atoms with van der Waals surface area (Å²) < 4.78 is 0. The molecule has 0 aromatic heterocycles. The van der Waals surface area contributed by atoms with E-state index in [-0.39, 0.29) is 6.10 Å². The minimum absolute atomic E-state index is 0.0733. The highest BCUT2D eigenvalue weighted by Crippen LogP contribution is 2.21. The summed E-state index contributed by atoms with van der Waals surface area (Å²) in [6.07, 6.45) is 7.05. The van der Waals surface area contributed by atoms with Gasteiger partial charge < -0.3 is 10.0 Å². The Morgan fingerprint density at radius 1 is 1.24 bits per heavy atom. The van der Waals surface area contributed by atoms with E-state index >= 15 is 0 Å². The van der Waals surface area contributed by atoms with Crippen LogP contribution in [0.25, 0.3) is 0 Å². The summed E-state index contributed by atoms with van der Waals surface area (Å²) in [4.78, 5) is 14.7. The number of β-amino-alcohol motifs (C(OH)–C–C–N with tert-alkyl or cyclic N) is 1. The first-order valence-corrected chi connectivity index (χ1v) is 8.64. The van der Waals surface area contributed by atoms with Crippen molar-refractivity contribution in [1.82, 2.24) is 9.80 Å².